The molecule has 2 aromatic rings. The van der Waals surface area contributed by atoms with Crippen molar-refractivity contribution >= 4 is 11.9 Å². The van der Waals surface area contributed by atoms with Crippen molar-refractivity contribution < 1.29 is 19.1 Å². The van der Waals surface area contributed by atoms with Crippen LogP contribution in [0.1, 0.15) is 22.5 Å². The van der Waals surface area contributed by atoms with Crippen LogP contribution in [0, 0.1) is 0 Å². The van der Waals surface area contributed by atoms with Gasteiger partial charge in [0.25, 0.3) is 5.91 Å². The molecular weight excluding hydrogens is 260 g/mol. The number of furan rings is 1. The number of hydrogen-bond acceptors (Lipinski definition) is 4. The number of amides is 1. The first kappa shape index (κ1) is 13.8. The molecule has 6 heteroatoms. The highest BCUT2D eigenvalue weighted by Crippen LogP contribution is 2.10. The Morgan fingerprint density at radius 3 is 2.75 bits per heavy atom. The molecule has 2 heterocycles. The molecule has 2 rings (SSSR count). The van der Waals surface area contributed by atoms with E-state index in [4.69, 9.17) is 9.52 Å². The third-order valence-corrected chi connectivity index (χ3v) is 2.72. The van der Waals surface area contributed by atoms with Gasteiger partial charge in [0.05, 0.1) is 24.8 Å². The zero-order valence-electron chi connectivity index (χ0n) is 10.7. The van der Waals surface area contributed by atoms with Gasteiger partial charge in [-0.25, -0.2) is 0 Å². The van der Waals surface area contributed by atoms with Gasteiger partial charge in [-0.3, -0.25) is 14.6 Å². The molecule has 0 spiro atoms. The van der Waals surface area contributed by atoms with E-state index in [9.17, 15) is 9.59 Å². The summed E-state index contributed by atoms with van der Waals surface area (Å²) < 4.78 is 5.20. The predicted octanol–water partition coefficient (Wildman–Crippen LogP) is 1.79. The van der Waals surface area contributed by atoms with Crippen LogP contribution < -0.4 is 0 Å². The molecule has 0 unspecified atom stereocenters. The molecule has 1 amide bonds. The van der Waals surface area contributed by atoms with Crippen molar-refractivity contribution in [1.82, 2.24) is 9.88 Å². The van der Waals surface area contributed by atoms with Gasteiger partial charge in [0.1, 0.15) is 5.76 Å². The molecule has 0 aliphatic heterocycles. The molecule has 0 aliphatic carbocycles. The van der Waals surface area contributed by atoms with E-state index in [-0.39, 0.29) is 25.4 Å². The number of carbonyl (C=O) groups is 2. The second-order valence-electron chi connectivity index (χ2n) is 4.19. The summed E-state index contributed by atoms with van der Waals surface area (Å²) in [5, 5.41) is 8.77. The van der Waals surface area contributed by atoms with Crippen molar-refractivity contribution in [2.45, 2.75) is 13.0 Å². The monoisotopic (exact) mass is 274 g/mol. The van der Waals surface area contributed by atoms with Crippen molar-refractivity contribution in [2.24, 2.45) is 0 Å². The topological polar surface area (TPSA) is 83.6 Å². The molecule has 0 aromatic carbocycles. The fourth-order valence-corrected chi connectivity index (χ4v) is 1.75. The van der Waals surface area contributed by atoms with Crippen LogP contribution >= 0.6 is 0 Å². The van der Waals surface area contributed by atoms with Crippen LogP contribution in [0.4, 0.5) is 0 Å². The highest BCUT2D eigenvalue weighted by atomic mass is 16.4. The van der Waals surface area contributed by atoms with Crippen LogP contribution in [0.25, 0.3) is 0 Å². The van der Waals surface area contributed by atoms with Crippen molar-refractivity contribution in [3.63, 3.8) is 0 Å². The lowest BCUT2D eigenvalue weighted by Crippen LogP contribution is -2.32. The Morgan fingerprint density at radius 1 is 1.30 bits per heavy atom. The summed E-state index contributed by atoms with van der Waals surface area (Å²) in [6, 6.07) is 6.77. The summed E-state index contributed by atoms with van der Waals surface area (Å²) in [7, 11) is 0. The molecule has 0 atom stereocenters. The van der Waals surface area contributed by atoms with E-state index in [1.54, 1.807) is 30.5 Å². The zero-order valence-corrected chi connectivity index (χ0v) is 10.7. The summed E-state index contributed by atoms with van der Waals surface area (Å²) in [6.45, 7) is 0.345. The number of carboxylic acids is 1. The Kier molecular flexibility index (Phi) is 4.49. The first-order chi connectivity index (χ1) is 9.66. The fraction of sp³-hybridized carbons (Fsp3) is 0.214. The van der Waals surface area contributed by atoms with Crippen LogP contribution in [-0.2, 0) is 11.3 Å². The highest BCUT2D eigenvalue weighted by Gasteiger charge is 2.18. The number of aromatic nitrogens is 1. The largest absolute Gasteiger partial charge is 0.481 e. The molecule has 1 N–H and O–H groups in total. The molecule has 0 bridgehead atoms. The molecule has 104 valence electrons. The maximum Gasteiger partial charge on any atom is 0.305 e. The third kappa shape index (κ3) is 3.68. The second-order valence-corrected chi connectivity index (χ2v) is 4.19. The third-order valence-electron chi connectivity index (χ3n) is 2.72. The van der Waals surface area contributed by atoms with Crippen LogP contribution in [-0.4, -0.2) is 33.4 Å². The number of aliphatic carboxylic acids is 1. The quantitative estimate of drug-likeness (QED) is 0.868. The summed E-state index contributed by atoms with van der Waals surface area (Å²) in [4.78, 5) is 28.4. The molecule has 0 radical (unpaired) electrons. The highest BCUT2D eigenvalue weighted by molar-refractivity contribution is 5.94. The average Bonchev–Trinajstić information content (AvgIpc) is 2.96. The van der Waals surface area contributed by atoms with Crippen LogP contribution in [0.5, 0.6) is 0 Å². The molecule has 0 saturated heterocycles. The van der Waals surface area contributed by atoms with E-state index in [1.165, 1.54) is 17.4 Å². The van der Waals surface area contributed by atoms with E-state index in [1.807, 2.05) is 0 Å². The van der Waals surface area contributed by atoms with Crippen molar-refractivity contribution in [1.29, 1.82) is 0 Å². The lowest BCUT2D eigenvalue weighted by Gasteiger charge is -2.20. The second kappa shape index (κ2) is 6.51. The van der Waals surface area contributed by atoms with Gasteiger partial charge in [0.2, 0.25) is 0 Å². The minimum atomic E-state index is -0.951. The summed E-state index contributed by atoms with van der Waals surface area (Å²) >= 11 is 0. The van der Waals surface area contributed by atoms with Gasteiger partial charge in [0.15, 0.2) is 0 Å². The van der Waals surface area contributed by atoms with E-state index < -0.39 is 5.97 Å². The lowest BCUT2D eigenvalue weighted by molar-refractivity contribution is -0.137. The Morgan fingerprint density at radius 2 is 2.15 bits per heavy atom. The maximum atomic E-state index is 12.3. The number of carboxylic acid groups (broad SMARTS) is 1. The van der Waals surface area contributed by atoms with Gasteiger partial charge in [-0.2, -0.15) is 0 Å². The molecule has 0 saturated carbocycles. The lowest BCUT2D eigenvalue weighted by atomic mass is 10.2. The van der Waals surface area contributed by atoms with Crippen molar-refractivity contribution in [3.05, 3.63) is 54.2 Å². The normalized spacial score (nSPS) is 10.2. The Labute approximate surface area is 115 Å². The molecule has 6 nitrogen and oxygen atoms in total. The average molecular weight is 274 g/mol. The molecular formula is C14H14N2O4. The van der Waals surface area contributed by atoms with E-state index in [2.05, 4.69) is 4.98 Å². The maximum absolute atomic E-state index is 12.3. The Bertz CT molecular complexity index is 566. The molecule has 20 heavy (non-hydrogen) atoms. The first-order valence-electron chi connectivity index (χ1n) is 6.10. The number of hydrogen-bond donors (Lipinski definition) is 1. The standard InChI is InChI=1S/C14H14N2O4/c17-13(18)5-7-16(10-12-4-2-8-20-12)14(19)11-3-1-6-15-9-11/h1-4,6,8-9H,5,7,10H2,(H,17,18). The molecule has 0 fully saturated rings. The minimum Gasteiger partial charge on any atom is -0.481 e. The van der Waals surface area contributed by atoms with Gasteiger partial charge in [-0.15, -0.1) is 0 Å². The van der Waals surface area contributed by atoms with Gasteiger partial charge in [0, 0.05) is 18.9 Å². The number of pyridine rings is 1. The molecule has 2 aromatic heterocycles. The Balaban J connectivity index is 2.12. The van der Waals surface area contributed by atoms with Gasteiger partial charge in [-0.05, 0) is 24.3 Å². The summed E-state index contributed by atoms with van der Waals surface area (Å²) in [5.41, 5.74) is 0.421. The molecule has 0 aliphatic rings. The van der Waals surface area contributed by atoms with Crippen molar-refractivity contribution in [2.75, 3.05) is 6.54 Å². The number of carbonyl (C=O) groups excluding carboxylic acids is 1. The van der Waals surface area contributed by atoms with Crippen molar-refractivity contribution in [3.8, 4) is 0 Å². The fourth-order valence-electron chi connectivity index (χ4n) is 1.75. The van der Waals surface area contributed by atoms with Crippen LogP contribution in [0.15, 0.2) is 47.3 Å². The zero-order chi connectivity index (χ0) is 14.4. The number of rotatable bonds is 6. The summed E-state index contributed by atoms with van der Waals surface area (Å²) in [6.07, 6.45) is 4.43. The van der Waals surface area contributed by atoms with E-state index in [0.717, 1.165) is 0 Å². The van der Waals surface area contributed by atoms with Gasteiger partial charge >= 0.3 is 5.97 Å². The summed E-state index contributed by atoms with van der Waals surface area (Å²) in [5.74, 6) is -0.614. The van der Waals surface area contributed by atoms with Crippen LogP contribution in [0.3, 0.4) is 0 Å². The first-order valence-corrected chi connectivity index (χ1v) is 6.10. The van der Waals surface area contributed by atoms with Gasteiger partial charge < -0.3 is 14.4 Å². The van der Waals surface area contributed by atoms with E-state index in [0.29, 0.717) is 11.3 Å². The smallest absolute Gasteiger partial charge is 0.305 e. The minimum absolute atomic E-state index is 0.115. The van der Waals surface area contributed by atoms with E-state index >= 15 is 0 Å². The SMILES string of the molecule is O=C(O)CCN(Cc1ccco1)C(=O)c1cccnc1. The van der Waals surface area contributed by atoms with Crippen LogP contribution in [0.2, 0.25) is 0 Å². The predicted molar refractivity (Wildman–Crippen MR) is 69.9 cm³/mol. The number of nitrogens with zero attached hydrogens (tertiary/aromatic N) is 2. The Hall–Kier alpha value is -2.63. The van der Waals surface area contributed by atoms with Gasteiger partial charge in [-0.1, -0.05) is 0 Å².